The third kappa shape index (κ3) is 6.70. The van der Waals surface area contributed by atoms with Crippen LogP contribution in [0.25, 0.3) is 0 Å². The highest BCUT2D eigenvalue weighted by molar-refractivity contribution is 5.27. The smallest absolute Gasteiger partial charge is 0.119 e. The average Bonchev–Trinajstić information content (AvgIpc) is 2.74. The average molecular weight is 366 g/mol. The van der Waals surface area contributed by atoms with Crippen molar-refractivity contribution in [3.05, 3.63) is 65.7 Å². The van der Waals surface area contributed by atoms with Crippen molar-refractivity contribution in [2.75, 3.05) is 13.1 Å². The first-order chi connectivity index (χ1) is 13.3. The van der Waals surface area contributed by atoms with Crippen LogP contribution in [0, 0.1) is 0 Å². The van der Waals surface area contributed by atoms with Crippen LogP contribution in [-0.4, -0.2) is 24.0 Å². The molecule has 1 unspecified atom stereocenters. The highest BCUT2D eigenvalue weighted by atomic mass is 16.5. The van der Waals surface area contributed by atoms with Crippen molar-refractivity contribution in [1.82, 2.24) is 4.90 Å². The molecule has 0 saturated carbocycles. The third-order valence-corrected chi connectivity index (χ3v) is 5.80. The zero-order chi connectivity index (χ0) is 18.7. The Morgan fingerprint density at radius 1 is 0.852 bits per heavy atom. The summed E-state index contributed by atoms with van der Waals surface area (Å²) in [6, 6.07) is 19.8. The van der Waals surface area contributed by atoms with Crippen LogP contribution in [0.1, 0.15) is 63.0 Å². The molecule has 2 nitrogen and oxygen atoms in total. The summed E-state index contributed by atoms with van der Waals surface area (Å²) < 4.78 is 5.88. The number of likely N-dealkylation sites (tertiary alicyclic amines) is 1. The summed E-state index contributed by atoms with van der Waals surface area (Å²) >= 11 is 0. The van der Waals surface area contributed by atoms with E-state index in [-0.39, 0.29) is 0 Å². The van der Waals surface area contributed by atoms with Gasteiger partial charge in [0.05, 0.1) is 0 Å². The van der Waals surface area contributed by atoms with Gasteiger partial charge in [-0.15, -0.1) is 0 Å². The monoisotopic (exact) mass is 365 g/mol. The quantitative estimate of drug-likeness (QED) is 0.462. The number of benzene rings is 2. The number of aryl methyl sites for hydroxylation is 1. The van der Waals surface area contributed by atoms with E-state index in [0.717, 1.165) is 11.8 Å². The summed E-state index contributed by atoms with van der Waals surface area (Å²) in [5, 5.41) is 0. The van der Waals surface area contributed by atoms with Crippen LogP contribution >= 0.6 is 0 Å². The molecule has 0 spiro atoms. The SMILES string of the molecule is CCC(CCCCc1ccc(OCc2ccccc2)cc1)N1CCCCC1. The van der Waals surface area contributed by atoms with E-state index in [1.165, 1.54) is 75.6 Å². The molecular formula is C25H35NO. The van der Waals surface area contributed by atoms with E-state index in [1.807, 2.05) is 6.07 Å². The highest BCUT2D eigenvalue weighted by Crippen LogP contribution is 2.20. The molecule has 0 bridgehead atoms. The molecule has 1 aliphatic rings. The van der Waals surface area contributed by atoms with Gasteiger partial charge in [-0.3, -0.25) is 0 Å². The first kappa shape index (κ1) is 19.9. The third-order valence-electron chi connectivity index (χ3n) is 5.80. The molecule has 1 aliphatic heterocycles. The fourth-order valence-corrected chi connectivity index (χ4v) is 4.13. The number of unbranched alkanes of at least 4 members (excludes halogenated alkanes) is 1. The summed E-state index contributed by atoms with van der Waals surface area (Å²) in [6.07, 6.45) is 10.7. The van der Waals surface area contributed by atoms with Crippen molar-refractivity contribution in [3.63, 3.8) is 0 Å². The Bertz CT molecular complexity index is 631. The van der Waals surface area contributed by atoms with E-state index in [4.69, 9.17) is 4.74 Å². The largest absolute Gasteiger partial charge is 0.489 e. The zero-order valence-corrected chi connectivity index (χ0v) is 16.9. The van der Waals surface area contributed by atoms with E-state index in [1.54, 1.807) is 0 Å². The Morgan fingerprint density at radius 3 is 2.30 bits per heavy atom. The van der Waals surface area contributed by atoms with Gasteiger partial charge in [0.25, 0.3) is 0 Å². The van der Waals surface area contributed by atoms with Gasteiger partial charge >= 0.3 is 0 Å². The molecule has 1 atom stereocenters. The van der Waals surface area contributed by atoms with E-state index < -0.39 is 0 Å². The summed E-state index contributed by atoms with van der Waals surface area (Å²) in [7, 11) is 0. The Morgan fingerprint density at radius 2 is 1.59 bits per heavy atom. The molecule has 2 aromatic rings. The van der Waals surface area contributed by atoms with Crippen molar-refractivity contribution < 1.29 is 4.74 Å². The van der Waals surface area contributed by atoms with Gasteiger partial charge in [0.15, 0.2) is 0 Å². The summed E-state index contributed by atoms with van der Waals surface area (Å²) in [5.74, 6) is 0.957. The zero-order valence-electron chi connectivity index (χ0n) is 16.9. The Labute approximate surface area is 165 Å². The van der Waals surface area contributed by atoms with Crippen LogP contribution in [0.15, 0.2) is 54.6 Å². The van der Waals surface area contributed by atoms with Crippen molar-refractivity contribution in [3.8, 4) is 5.75 Å². The number of hydrogen-bond acceptors (Lipinski definition) is 2. The Hall–Kier alpha value is -1.80. The van der Waals surface area contributed by atoms with Gasteiger partial charge in [-0.05, 0) is 74.9 Å². The predicted octanol–water partition coefficient (Wildman–Crippen LogP) is 6.24. The van der Waals surface area contributed by atoms with Crippen molar-refractivity contribution in [2.24, 2.45) is 0 Å². The maximum Gasteiger partial charge on any atom is 0.119 e. The molecule has 3 rings (SSSR count). The highest BCUT2D eigenvalue weighted by Gasteiger charge is 2.18. The summed E-state index contributed by atoms with van der Waals surface area (Å²) in [4.78, 5) is 2.74. The summed E-state index contributed by atoms with van der Waals surface area (Å²) in [5.41, 5.74) is 2.63. The maximum absolute atomic E-state index is 5.88. The lowest BCUT2D eigenvalue weighted by Crippen LogP contribution is -2.38. The second-order valence-electron chi connectivity index (χ2n) is 7.82. The van der Waals surface area contributed by atoms with Gasteiger partial charge < -0.3 is 9.64 Å². The van der Waals surface area contributed by atoms with E-state index in [0.29, 0.717) is 6.61 Å². The molecule has 0 aliphatic carbocycles. The lowest BCUT2D eigenvalue weighted by atomic mass is 10.00. The van der Waals surface area contributed by atoms with Crippen LogP contribution in [0.3, 0.4) is 0 Å². The molecule has 1 fully saturated rings. The lowest BCUT2D eigenvalue weighted by molar-refractivity contribution is 0.149. The molecule has 0 N–H and O–H groups in total. The lowest BCUT2D eigenvalue weighted by Gasteiger charge is -2.34. The van der Waals surface area contributed by atoms with Crippen LogP contribution in [0.2, 0.25) is 0 Å². The van der Waals surface area contributed by atoms with Crippen molar-refractivity contribution in [2.45, 2.75) is 70.9 Å². The molecular weight excluding hydrogens is 330 g/mol. The van der Waals surface area contributed by atoms with Crippen LogP contribution in [0.5, 0.6) is 5.75 Å². The first-order valence-corrected chi connectivity index (χ1v) is 10.8. The van der Waals surface area contributed by atoms with Gasteiger partial charge in [-0.1, -0.05) is 62.2 Å². The van der Waals surface area contributed by atoms with Crippen molar-refractivity contribution in [1.29, 1.82) is 0 Å². The van der Waals surface area contributed by atoms with E-state index >= 15 is 0 Å². The summed E-state index contributed by atoms with van der Waals surface area (Å²) in [6.45, 7) is 5.63. The number of ether oxygens (including phenoxy) is 1. The normalized spacial score (nSPS) is 16.2. The molecule has 2 aromatic carbocycles. The van der Waals surface area contributed by atoms with Crippen LogP contribution in [0.4, 0.5) is 0 Å². The van der Waals surface area contributed by atoms with Gasteiger partial charge in [0.2, 0.25) is 0 Å². The van der Waals surface area contributed by atoms with Gasteiger partial charge in [0.1, 0.15) is 12.4 Å². The van der Waals surface area contributed by atoms with Crippen LogP contribution in [-0.2, 0) is 13.0 Å². The Kier molecular flexibility index (Phi) is 8.23. The molecule has 0 radical (unpaired) electrons. The minimum atomic E-state index is 0.634. The molecule has 0 aromatic heterocycles. The van der Waals surface area contributed by atoms with Crippen molar-refractivity contribution >= 4 is 0 Å². The molecule has 0 amide bonds. The minimum Gasteiger partial charge on any atom is -0.489 e. The minimum absolute atomic E-state index is 0.634. The molecule has 27 heavy (non-hydrogen) atoms. The first-order valence-electron chi connectivity index (χ1n) is 10.8. The van der Waals surface area contributed by atoms with Gasteiger partial charge in [-0.25, -0.2) is 0 Å². The molecule has 1 saturated heterocycles. The van der Waals surface area contributed by atoms with Gasteiger partial charge in [-0.2, -0.15) is 0 Å². The Balaban J connectivity index is 1.35. The van der Waals surface area contributed by atoms with E-state index in [9.17, 15) is 0 Å². The second kappa shape index (κ2) is 11.1. The van der Waals surface area contributed by atoms with E-state index in [2.05, 4.69) is 60.4 Å². The van der Waals surface area contributed by atoms with Crippen LogP contribution < -0.4 is 4.74 Å². The maximum atomic E-state index is 5.88. The number of piperidine rings is 1. The second-order valence-corrected chi connectivity index (χ2v) is 7.82. The standard InChI is InChI=1S/C25H35NO/c1-2-24(26-19-9-4-10-20-26)14-8-7-11-22-15-17-25(18-16-22)27-21-23-12-5-3-6-13-23/h3,5-6,12-13,15-18,24H,2,4,7-11,14,19-21H2,1H3. The fraction of sp³-hybridized carbons (Fsp3) is 0.520. The number of hydrogen-bond donors (Lipinski definition) is 0. The fourth-order valence-electron chi connectivity index (χ4n) is 4.13. The molecule has 146 valence electrons. The molecule has 2 heteroatoms. The topological polar surface area (TPSA) is 12.5 Å². The number of nitrogens with zero attached hydrogens (tertiary/aromatic N) is 1. The predicted molar refractivity (Wildman–Crippen MR) is 114 cm³/mol. The van der Waals surface area contributed by atoms with Gasteiger partial charge in [0, 0.05) is 6.04 Å². The number of rotatable bonds is 10. The molecule has 1 heterocycles.